The number of aromatic carboxylic acids is 1. The Bertz CT molecular complexity index is 728. The van der Waals surface area contributed by atoms with Crippen LogP contribution in [-0.4, -0.2) is 36.7 Å². The number of nitrogens with one attached hydrogen (secondary N) is 1. The lowest BCUT2D eigenvalue weighted by molar-refractivity contribution is 0.0698. The Morgan fingerprint density at radius 1 is 1.41 bits per heavy atom. The van der Waals surface area contributed by atoms with Crippen molar-refractivity contribution in [2.45, 2.75) is 19.3 Å². The third-order valence-corrected chi connectivity index (χ3v) is 6.57. The fourth-order valence-electron chi connectivity index (χ4n) is 3.21. The third kappa shape index (κ3) is 3.17. The molecule has 1 saturated heterocycles. The first-order valence-electron chi connectivity index (χ1n) is 7.12. The first-order chi connectivity index (χ1) is 10.4. The molecular formula is C15H18BrNO4S. The summed E-state index contributed by atoms with van der Waals surface area (Å²) in [6.07, 6.45) is 4.37. The molecule has 0 spiro atoms. The van der Waals surface area contributed by atoms with Crippen molar-refractivity contribution in [3.8, 4) is 0 Å². The predicted molar refractivity (Wildman–Crippen MR) is 92.0 cm³/mol. The van der Waals surface area contributed by atoms with E-state index in [2.05, 4.69) is 20.9 Å². The minimum Gasteiger partial charge on any atom is -0.478 e. The molecule has 5 nitrogen and oxygen atoms in total. The van der Waals surface area contributed by atoms with Gasteiger partial charge in [-0.15, -0.1) is 0 Å². The number of hydrogen-bond acceptors (Lipinski definition) is 3. The van der Waals surface area contributed by atoms with Gasteiger partial charge >= 0.3 is 5.97 Å². The van der Waals surface area contributed by atoms with Gasteiger partial charge in [-0.3, -0.25) is 9.11 Å². The van der Waals surface area contributed by atoms with Gasteiger partial charge in [0.2, 0.25) is 0 Å². The van der Waals surface area contributed by atoms with Crippen molar-refractivity contribution in [3.63, 3.8) is 0 Å². The van der Waals surface area contributed by atoms with Crippen molar-refractivity contribution in [3.05, 3.63) is 33.9 Å². The van der Waals surface area contributed by atoms with E-state index in [9.17, 15) is 19.0 Å². The number of carboxylic acid groups (broad SMARTS) is 1. The number of H-pyrrole nitrogens is 1. The molecule has 0 amide bonds. The standard InChI is InChI=1S/C15H18BrNO4S/c16-11-5-12-10(4-9-2-1-3-22(20,21)8-9)7-17-14(12)13(6-11)15(18)19/h5-7,9,17,20-21H,1-4,8H2,(H,18,19). The summed E-state index contributed by atoms with van der Waals surface area (Å²) in [7, 11) is -2.43. The van der Waals surface area contributed by atoms with Crippen molar-refractivity contribution in [2.24, 2.45) is 5.92 Å². The van der Waals surface area contributed by atoms with Gasteiger partial charge in [0, 0.05) is 27.6 Å². The van der Waals surface area contributed by atoms with Crippen LogP contribution < -0.4 is 0 Å². The van der Waals surface area contributed by atoms with E-state index in [1.54, 1.807) is 6.07 Å². The Morgan fingerprint density at radius 2 is 2.18 bits per heavy atom. The number of halogens is 1. The highest BCUT2D eigenvalue weighted by Crippen LogP contribution is 2.47. The van der Waals surface area contributed by atoms with Crippen molar-refractivity contribution in [2.75, 3.05) is 11.5 Å². The fourth-order valence-corrected chi connectivity index (χ4v) is 5.50. The summed E-state index contributed by atoms with van der Waals surface area (Å²) >= 11 is 3.36. The predicted octanol–water partition coefficient (Wildman–Crippen LogP) is 4.33. The van der Waals surface area contributed by atoms with Crippen molar-refractivity contribution >= 4 is 43.4 Å². The topological polar surface area (TPSA) is 93.6 Å². The highest BCUT2D eigenvalue weighted by Gasteiger charge is 2.26. The Morgan fingerprint density at radius 3 is 2.86 bits per heavy atom. The van der Waals surface area contributed by atoms with Crippen LogP contribution in [0.25, 0.3) is 10.9 Å². The minimum absolute atomic E-state index is 0.227. The molecule has 4 N–H and O–H groups in total. The summed E-state index contributed by atoms with van der Waals surface area (Å²) in [5.41, 5.74) is 1.89. The molecule has 120 valence electrons. The molecule has 0 saturated carbocycles. The van der Waals surface area contributed by atoms with Crippen LogP contribution in [0.5, 0.6) is 0 Å². The third-order valence-electron chi connectivity index (χ3n) is 4.17. The molecule has 2 aromatic rings. The van der Waals surface area contributed by atoms with E-state index in [0.29, 0.717) is 17.0 Å². The Balaban J connectivity index is 1.93. The van der Waals surface area contributed by atoms with Crippen LogP contribution in [0.2, 0.25) is 0 Å². The average molecular weight is 388 g/mol. The van der Waals surface area contributed by atoms with Gasteiger partial charge in [0.25, 0.3) is 0 Å². The summed E-state index contributed by atoms with van der Waals surface area (Å²) in [6, 6.07) is 3.50. The van der Waals surface area contributed by atoms with Crippen molar-refractivity contribution in [1.82, 2.24) is 4.98 Å². The SMILES string of the molecule is O=C(O)c1cc(Br)cc2c(CC3CCCS(O)(O)C3)c[nH]c12. The van der Waals surface area contributed by atoms with Crippen LogP contribution in [0.3, 0.4) is 0 Å². The molecule has 0 bridgehead atoms. The number of carboxylic acids is 1. The lowest BCUT2D eigenvalue weighted by Gasteiger charge is -2.40. The fraction of sp³-hybridized carbons (Fsp3) is 0.400. The lowest BCUT2D eigenvalue weighted by Crippen LogP contribution is -2.23. The summed E-state index contributed by atoms with van der Waals surface area (Å²) < 4.78 is 20.5. The molecule has 1 aliphatic heterocycles. The largest absolute Gasteiger partial charge is 0.478 e. The van der Waals surface area contributed by atoms with Gasteiger partial charge < -0.3 is 10.1 Å². The second-order valence-electron chi connectivity index (χ2n) is 5.88. The molecule has 0 radical (unpaired) electrons. The molecule has 1 fully saturated rings. The molecule has 1 unspecified atom stereocenters. The lowest BCUT2D eigenvalue weighted by atomic mass is 9.95. The second kappa shape index (κ2) is 5.88. The van der Waals surface area contributed by atoms with E-state index in [0.717, 1.165) is 34.7 Å². The maximum absolute atomic E-state index is 11.3. The summed E-state index contributed by atoms with van der Waals surface area (Å²) in [5.74, 6) is 0.211. The van der Waals surface area contributed by atoms with E-state index in [1.807, 2.05) is 12.3 Å². The van der Waals surface area contributed by atoms with Crippen LogP contribution >= 0.6 is 26.5 Å². The zero-order valence-electron chi connectivity index (χ0n) is 11.9. The van der Waals surface area contributed by atoms with E-state index in [-0.39, 0.29) is 11.5 Å². The average Bonchev–Trinajstić information content (AvgIpc) is 2.79. The minimum atomic E-state index is -2.43. The van der Waals surface area contributed by atoms with E-state index in [1.165, 1.54) is 0 Å². The normalized spacial score (nSPS) is 22.6. The highest BCUT2D eigenvalue weighted by atomic mass is 79.9. The monoisotopic (exact) mass is 387 g/mol. The van der Waals surface area contributed by atoms with Gasteiger partial charge in [0.05, 0.1) is 11.1 Å². The van der Waals surface area contributed by atoms with Crippen LogP contribution in [0.15, 0.2) is 22.8 Å². The number of hydrogen-bond donors (Lipinski definition) is 4. The van der Waals surface area contributed by atoms with Crippen molar-refractivity contribution in [1.29, 1.82) is 0 Å². The first kappa shape index (κ1) is 15.9. The second-order valence-corrected chi connectivity index (χ2v) is 9.14. The van der Waals surface area contributed by atoms with Gasteiger partial charge in [-0.2, -0.15) is 10.6 Å². The van der Waals surface area contributed by atoms with Gasteiger partial charge in [-0.1, -0.05) is 15.9 Å². The van der Waals surface area contributed by atoms with Gasteiger partial charge in [-0.05, 0) is 42.9 Å². The molecule has 1 aromatic heterocycles. The zero-order chi connectivity index (χ0) is 15.9. The summed E-state index contributed by atoms with van der Waals surface area (Å²) in [4.78, 5) is 14.4. The molecule has 3 rings (SSSR count). The molecule has 7 heteroatoms. The zero-order valence-corrected chi connectivity index (χ0v) is 14.3. The van der Waals surface area contributed by atoms with Gasteiger partial charge in [0.15, 0.2) is 0 Å². The Hall–Kier alpha value is -1.02. The quantitative estimate of drug-likeness (QED) is 0.630. The van der Waals surface area contributed by atoms with E-state index in [4.69, 9.17) is 0 Å². The van der Waals surface area contributed by atoms with Gasteiger partial charge in [-0.25, -0.2) is 4.79 Å². The number of benzene rings is 1. The van der Waals surface area contributed by atoms with Crippen LogP contribution in [0.4, 0.5) is 0 Å². The maximum Gasteiger partial charge on any atom is 0.337 e. The van der Waals surface area contributed by atoms with Gasteiger partial charge in [0.1, 0.15) is 0 Å². The smallest absolute Gasteiger partial charge is 0.337 e. The molecule has 2 heterocycles. The van der Waals surface area contributed by atoms with Crippen LogP contribution in [0.1, 0.15) is 28.8 Å². The van der Waals surface area contributed by atoms with Crippen LogP contribution in [-0.2, 0) is 6.42 Å². The Labute approximate surface area is 138 Å². The summed E-state index contributed by atoms with van der Waals surface area (Å²) in [6.45, 7) is 0. The van der Waals surface area contributed by atoms with Crippen LogP contribution in [0, 0.1) is 5.92 Å². The highest BCUT2D eigenvalue weighted by molar-refractivity contribution is 9.10. The van der Waals surface area contributed by atoms with E-state index >= 15 is 0 Å². The van der Waals surface area contributed by atoms with Crippen molar-refractivity contribution < 1.29 is 19.0 Å². The molecule has 22 heavy (non-hydrogen) atoms. The molecule has 1 aromatic carbocycles. The Kier molecular flexibility index (Phi) is 4.24. The molecule has 1 aliphatic rings. The number of aromatic amines is 1. The first-order valence-corrected chi connectivity index (χ1v) is 9.80. The summed E-state index contributed by atoms with van der Waals surface area (Å²) in [5, 5.41) is 10.2. The molecule has 0 aliphatic carbocycles. The molecular weight excluding hydrogens is 370 g/mol. The number of aromatic nitrogens is 1. The number of carbonyl (C=O) groups is 1. The molecule has 1 atom stereocenters. The number of rotatable bonds is 3. The van der Waals surface area contributed by atoms with E-state index < -0.39 is 16.6 Å². The maximum atomic E-state index is 11.3. The number of fused-ring (bicyclic) bond motifs is 1.